The van der Waals surface area contributed by atoms with Gasteiger partial charge in [0.25, 0.3) is 0 Å². The van der Waals surface area contributed by atoms with Crippen LogP contribution in [-0.2, 0) is 0 Å². The Balaban J connectivity index is 2.70. The molecule has 0 aromatic heterocycles. The van der Waals surface area contributed by atoms with Gasteiger partial charge in [0.05, 0.1) is 0 Å². The normalized spacial score (nSPS) is 11.6. The van der Waals surface area contributed by atoms with E-state index in [-0.39, 0.29) is 11.7 Å². The third kappa shape index (κ3) is 4.42. The highest BCUT2D eigenvalue weighted by atomic mass is 16.1. The molecule has 0 spiro atoms. The molecular weight excluding hydrogens is 208 g/mol. The number of hydrogen-bond donors (Lipinski definition) is 0. The Hall–Kier alpha value is -1.59. The summed E-state index contributed by atoms with van der Waals surface area (Å²) in [5.41, 5.74) is 3.53. The van der Waals surface area contributed by atoms with Crippen LogP contribution in [0.1, 0.15) is 43.0 Å². The third-order valence-electron chi connectivity index (χ3n) is 2.83. The van der Waals surface area contributed by atoms with E-state index in [0.717, 1.165) is 18.4 Å². The summed E-state index contributed by atoms with van der Waals surface area (Å²) in [5, 5.41) is 0. The first-order valence-electron chi connectivity index (χ1n) is 6.24. The van der Waals surface area contributed by atoms with Crippen LogP contribution < -0.4 is 0 Å². The number of carbonyl (C=O) groups is 1. The molecule has 0 fully saturated rings. The van der Waals surface area contributed by atoms with Crippen molar-refractivity contribution in [2.24, 2.45) is 5.92 Å². The molecule has 0 bridgehead atoms. The van der Waals surface area contributed by atoms with Crippen LogP contribution in [0.5, 0.6) is 0 Å². The molecule has 1 aromatic rings. The first-order chi connectivity index (χ1) is 8.29. The second-order valence-corrected chi connectivity index (χ2v) is 4.20. The van der Waals surface area contributed by atoms with Crippen LogP contribution in [0.4, 0.5) is 0 Å². The zero-order valence-corrected chi connectivity index (χ0v) is 10.5. The predicted molar refractivity (Wildman–Crippen MR) is 72.1 cm³/mol. The first kappa shape index (κ1) is 13.5. The highest BCUT2D eigenvalue weighted by Gasteiger charge is 2.16. The van der Waals surface area contributed by atoms with Crippen molar-refractivity contribution in [2.75, 3.05) is 0 Å². The molecule has 1 nitrogen and oxygen atoms in total. The Bertz CT molecular complexity index is 385. The van der Waals surface area contributed by atoms with Crippen LogP contribution in [0.3, 0.4) is 0 Å². The highest BCUT2D eigenvalue weighted by molar-refractivity contribution is 5.98. The minimum atomic E-state index is -0.0681. The van der Waals surface area contributed by atoms with Gasteiger partial charge in [-0.15, -0.1) is 5.73 Å². The van der Waals surface area contributed by atoms with Gasteiger partial charge in [0.1, 0.15) is 0 Å². The molecule has 0 aliphatic carbocycles. The van der Waals surface area contributed by atoms with Gasteiger partial charge in [-0.2, -0.15) is 0 Å². The summed E-state index contributed by atoms with van der Waals surface area (Å²) in [4.78, 5) is 12.2. The maximum Gasteiger partial charge on any atom is 0.170 e. The quantitative estimate of drug-likeness (QED) is 0.384. The van der Waals surface area contributed by atoms with E-state index in [1.54, 1.807) is 6.08 Å². The number of hydrogen-bond acceptors (Lipinski definition) is 1. The lowest BCUT2D eigenvalue weighted by Crippen LogP contribution is -2.12. The van der Waals surface area contributed by atoms with Crippen molar-refractivity contribution >= 4 is 5.78 Å². The molecule has 90 valence electrons. The van der Waals surface area contributed by atoms with E-state index >= 15 is 0 Å². The van der Waals surface area contributed by atoms with Gasteiger partial charge in [-0.1, -0.05) is 63.1 Å². The van der Waals surface area contributed by atoms with Crippen molar-refractivity contribution in [1.82, 2.24) is 0 Å². The molecule has 1 unspecified atom stereocenters. The van der Waals surface area contributed by atoms with Crippen LogP contribution >= 0.6 is 0 Å². The van der Waals surface area contributed by atoms with Crippen molar-refractivity contribution in [3.05, 3.63) is 54.3 Å². The van der Waals surface area contributed by atoms with Gasteiger partial charge in [0, 0.05) is 11.5 Å². The van der Waals surface area contributed by atoms with Crippen molar-refractivity contribution in [2.45, 2.75) is 32.6 Å². The van der Waals surface area contributed by atoms with Gasteiger partial charge < -0.3 is 0 Å². The van der Waals surface area contributed by atoms with Gasteiger partial charge in [-0.25, -0.2) is 0 Å². The fourth-order valence-corrected chi connectivity index (χ4v) is 1.86. The average Bonchev–Trinajstić information content (AvgIpc) is 2.38. The standard InChI is InChI=1S/C16H20O/c1-3-5-7-11-14(10-4-2)16(17)15-12-8-6-9-13-15/h6,8-10,12-14H,2-3,5,7,11H2,1H3. The van der Waals surface area contributed by atoms with Crippen molar-refractivity contribution in [1.29, 1.82) is 0 Å². The molecule has 0 aliphatic heterocycles. The molecule has 0 saturated heterocycles. The van der Waals surface area contributed by atoms with Crippen LogP contribution in [0.25, 0.3) is 0 Å². The fraction of sp³-hybridized carbons (Fsp3) is 0.375. The molecule has 17 heavy (non-hydrogen) atoms. The van der Waals surface area contributed by atoms with Gasteiger partial charge >= 0.3 is 0 Å². The van der Waals surface area contributed by atoms with E-state index in [4.69, 9.17) is 0 Å². The topological polar surface area (TPSA) is 17.1 Å². The second-order valence-electron chi connectivity index (χ2n) is 4.20. The van der Waals surface area contributed by atoms with Crippen LogP contribution in [-0.4, -0.2) is 5.78 Å². The van der Waals surface area contributed by atoms with Crippen molar-refractivity contribution < 1.29 is 4.79 Å². The summed E-state index contributed by atoms with van der Waals surface area (Å²) in [7, 11) is 0. The molecule has 0 amide bonds. The van der Waals surface area contributed by atoms with Gasteiger partial charge in [-0.05, 0) is 12.5 Å². The highest BCUT2D eigenvalue weighted by Crippen LogP contribution is 2.17. The SMILES string of the molecule is C=C=CC(CCCCC)C(=O)c1ccccc1. The fourth-order valence-electron chi connectivity index (χ4n) is 1.86. The van der Waals surface area contributed by atoms with E-state index in [9.17, 15) is 4.79 Å². The van der Waals surface area contributed by atoms with E-state index in [0.29, 0.717) is 0 Å². The molecule has 1 atom stereocenters. The monoisotopic (exact) mass is 228 g/mol. The van der Waals surface area contributed by atoms with E-state index in [2.05, 4.69) is 19.2 Å². The average molecular weight is 228 g/mol. The lowest BCUT2D eigenvalue weighted by Gasteiger charge is -2.10. The summed E-state index contributed by atoms with van der Waals surface area (Å²) in [6, 6.07) is 9.45. The number of unbranched alkanes of at least 4 members (excludes halogenated alkanes) is 2. The second kappa shape index (κ2) is 7.65. The van der Waals surface area contributed by atoms with Crippen LogP contribution in [0.2, 0.25) is 0 Å². The van der Waals surface area contributed by atoms with E-state index in [1.165, 1.54) is 12.8 Å². The summed E-state index contributed by atoms with van der Waals surface area (Å²) in [6.07, 6.45) is 6.11. The molecule has 0 heterocycles. The van der Waals surface area contributed by atoms with E-state index < -0.39 is 0 Å². The molecule has 1 aromatic carbocycles. The Labute approximate surface area is 104 Å². The first-order valence-corrected chi connectivity index (χ1v) is 6.24. The maximum atomic E-state index is 12.2. The summed E-state index contributed by atoms with van der Waals surface area (Å²) in [6.45, 7) is 5.74. The zero-order chi connectivity index (χ0) is 12.5. The van der Waals surface area contributed by atoms with Gasteiger partial charge in [0.15, 0.2) is 5.78 Å². The van der Waals surface area contributed by atoms with Gasteiger partial charge in [0.2, 0.25) is 0 Å². The molecule has 0 N–H and O–H groups in total. The van der Waals surface area contributed by atoms with Crippen molar-refractivity contribution in [3.63, 3.8) is 0 Å². The number of ketones is 1. The smallest absolute Gasteiger partial charge is 0.170 e. The number of carbonyl (C=O) groups excluding carboxylic acids is 1. The maximum absolute atomic E-state index is 12.2. The minimum absolute atomic E-state index is 0.0681. The number of Topliss-reactive ketones (excluding diaryl/α,β-unsaturated/α-hetero) is 1. The van der Waals surface area contributed by atoms with Crippen molar-refractivity contribution in [3.8, 4) is 0 Å². The third-order valence-corrected chi connectivity index (χ3v) is 2.83. The predicted octanol–water partition coefficient (Wildman–Crippen LogP) is 4.41. The van der Waals surface area contributed by atoms with E-state index in [1.807, 2.05) is 30.3 Å². The Kier molecular flexibility index (Phi) is 6.06. The summed E-state index contributed by atoms with van der Waals surface area (Å²) >= 11 is 0. The summed E-state index contributed by atoms with van der Waals surface area (Å²) < 4.78 is 0. The molecular formula is C16H20O. The molecule has 0 saturated carbocycles. The largest absolute Gasteiger partial charge is 0.293 e. The zero-order valence-electron chi connectivity index (χ0n) is 10.5. The molecule has 1 rings (SSSR count). The number of rotatable bonds is 7. The van der Waals surface area contributed by atoms with Gasteiger partial charge in [-0.3, -0.25) is 4.79 Å². The minimum Gasteiger partial charge on any atom is -0.293 e. The molecule has 1 heteroatoms. The Morgan fingerprint density at radius 1 is 1.35 bits per heavy atom. The lowest BCUT2D eigenvalue weighted by atomic mass is 9.92. The molecule has 0 aliphatic rings. The lowest BCUT2D eigenvalue weighted by molar-refractivity contribution is 0.0939. The number of allylic oxidation sites excluding steroid dienone is 1. The van der Waals surface area contributed by atoms with Crippen LogP contribution in [0.15, 0.2) is 48.7 Å². The Morgan fingerprint density at radius 2 is 2.06 bits per heavy atom. The molecule has 0 radical (unpaired) electrons. The Morgan fingerprint density at radius 3 is 2.65 bits per heavy atom. The summed E-state index contributed by atoms with van der Waals surface area (Å²) in [5.74, 6) is 0.110. The number of benzene rings is 1. The van der Waals surface area contributed by atoms with Crippen LogP contribution in [0, 0.1) is 5.92 Å².